The molecule has 1 fully saturated rings. The van der Waals surface area contributed by atoms with Crippen LogP contribution in [0, 0.1) is 5.92 Å². The minimum atomic E-state index is 0.0191. The van der Waals surface area contributed by atoms with Crippen LogP contribution < -0.4 is 5.73 Å². The SMILES string of the molecule is CCC(CN)C(=O)N(C)C1CCSC1. The zero-order valence-electron chi connectivity index (χ0n) is 9.03. The molecule has 2 atom stereocenters. The highest BCUT2D eigenvalue weighted by Gasteiger charge is 2.27. The van der Waals surface area contributed by atoms with Gasteiger partial charge in [-0.3, -0.25) is 4.79 Å². The van der Waals surface area contributed by atoms with Crippen LogP contribution in [0.2, 0.25) is 0 Å². The smallest absolute Gasteiger partial charge is 0.226 e. The highest BCUT2D eigenvalue weighted by molar-refractivity contribution is 7.99. The summed E-state index contributed by atoms with van der Waals surface area (Å²) in [5.74, 6) is 2.51. The summed E-state index contributed by atoms with van der Waals surface area (Å²) in [6.07, 6.45) is 1.98. The maximum atomic E-state index is 11.9. The average Bonchev–Trinajstić information content (AvgIpc) is 2.71. The van der Waals surface area contributed by atoms with Crippen molar-refractivity contribution in [3.8, 4) is 0 Å². The molecule has 3 nitrogen and oxygen atoms in total. The third kappa shape index (κ3) is 2.64. The maximum absolute atomic E-state index is 11.9. The van der Waals surface area contributed by atoms with Crippen molar-refractivity contribution in [2.45, 2.75) is 25.8 Å². The molecule has 82 valence electrons. The van der Waals surface area contributed by atoms with E-state index in [4.69, 9.17) is 5.73 Å². The van der Waals surface area contributed by atoms with Crippen molar-refractivity contribution in [3.63, 3.8) is 0 Å². The average molecular weight is 216 g/mol. The second kappa shape index (κ2) is 5.61. The van der Waals surface area contributed by atoms with E-state index in [1.807, 2.05) is 30.6 Å². The van der Waals surface area contributed by atoms with Gasteiger partial charge in [0.2, 0.25) is 5.91 Å². The summed E-state index contributed by atoms with van der Waals surface area (Å²) in [5.41, 5.74) is 5.57. The van der Waals surface area contributed by atoms with Gasteiger partial charge in [-0.2, -0.15) is 11.8 Å². The Labute approximate surface area is 90.4 Å². The van der Waals surface area contributed by atoms with Gasteiger partial charge in [-0.1, -0.05) is 6.92 Å². The van der Waals surface area contributed by atoms with E-state index in [-0.39, 0.29) is 11.8 Å². The Balaban J connectivity index is 2.49. The van der Waals surface area contributed by atoms with E-state index in [0.717, 1.165) is 18.6 Å². The van der Waals surface area contributed by atoms with Gasteiger partial charge in [0.05, 0.1) is 5.92 Å². The van der Waals surface area contributed by atoms with Gasteiger partial charge in [0, 0.05) is 25.4 Å². The molecule has 1 aliphatic rings. The van der Waals surface area contributed by atoms with Gasteiger partial charge < -0.3 is 10.6 Å². The molecule has 0 aromatic rings. The molecule has 1 rings (SSSR count). The monoisotopic (exact) mass is 216 g/mol. The molecule has 0 saturated carbocycles. The molecule has 0 spiro atoms. The summed E-state index contributed by atoms with van der Waals surface area (Å²) >= 11 is 1.93. The Morgan fingerprint density at radius 1 is 1.71 bits per heavy atom. The Bertz CT molecular complexity index is 189. The van der Waals surface area contributed by atoms with Crippen LogP contribution in [0.15, 0.2) is 0 Å². The summed E-state index contributed by atoms with van der Waals surface area (Å²) in [4.78, 5) is 13.8. The Hall–Kier alpha value is -0.220. The van der Waals surface area contributed by atoms with Crippen LogP contribution in [0.4, 0.5) is 0 Å². The van der Waals surface area contributed by atoms with Gasteiger partial charge >= 0.3 is 0 Å². The van der Waals surface area contributed by atoms with Gasteiger partial charge in [0.1, 0.15) is 0 Å². The van der Waals surface area contributed by atoms with Gasteiger partial charge in [-0.25, -0.2) is 0 Å². The van der Waals surface area contributed by atoms with Crippen LogP contribution in [0.1, 0.15) is 19.8 Å². The molecule has 4 heteroatoms. The molecule has 0 aliphatic carbocycles. The fraction of sp³-hybridized carbons (Fsp3) is 0.900. The number of amides is 1. The first-order chi connectivity index (χ1) is 6.70. The fourth-order valence-electron chi connectivity index (χ4n) is 1.74. The van der Waals surface area contributed by atoms with E-state index in [1.165, 1.54) is 5.75 Å². The van der Waals surface area contributed by atoms with Crippen molar-refractivity contribution >= 4 is 17.7 Å². The molecule has 1 amide bonds. The number of hydrogen-bond acceptors (Lipinski definition) is 3. The molecule has 1 heterocycles. The van der Waals surface area contributed by atoms with E-state index >= 15 is 0 Å². The zero-order valence-corrected chi connectivity index (χ0v) is 9.85. The molecular formula is C10H20N2OS. The van der Waals surface area contributed by atoms with Crippen molar-refractivity contribution in [1.29, 1.82) is 0 Å². The molecule has 1 aliphatic heterocycles. The minimum absolute atomic E-state index is 0.0191. The topological polar surface area (TPSA) is 46.3 Å². The molecule has 0 aromatic carbocycles. The summed E-state index contributed by atoms with van der Waals surface area (Å²) in [7, 11) is 1.91. The zero-order chi connectivity index (χ0) is 10.6. The number of nitrogens with two attached hydrogens (primary N) is 1. The molecule has 14 heavy (non-hydrogen) atoms. The summed E-state index contributed by atoms with van der Waals surface area (Å²) in [5, 5.41) is 0. The second-order valence-electron chi connectivity index (χ2n) is 3.81. The lowest BCUT2D eigenvalue weighted by atomic mass is 10.0. The van der Waals surface area contributed by atoms with Crippen LogP contribution >= 0.6 is 11.8 Å². The van der Waals surface area contributed by atoms with Crippen LogP contribution in [0.25, 0.3) is 0 Å². The lowest BCUT2D eigenvalue weighted by molar-refractivity contribution is -0.135. The highest BCUT2D eigenvalue weighted by atomic mass is 32.2. The third-order valence-electron chi connectivity index (χ3n) is 2.93. The summed E-state index contributed by atoms with van der Waals surface area (Å²) < 4.78 is 0. The molecule has 2 N–H and O–H groups in total. The molecular weight excluding hydrogens is 196 g/mol. The molecule has 0 bridgehead atoms. The second-order valence-corrected chi connectivity index (χ2v) is 4.96. The van der Waals surface area contributed by atoms with Gasteiger partial charge in [-0.15, -0.1) is 0 Å². The van der Waals surface area contributed by atoms with Crippen LogP contribution in [-0.4, -0.2) is 41.9 Å². The van der Waals surface area contributed by atoms with Crippen molar-refractivity contribution in [1.82, 2.24) is 4.90 Å². The first kappa shape index (κ1) is 11.9. The van der Waals surface area contributed by atoms with Gasteiger partial charge in [0.25, 0.3) is 0 Å². The van der Waals surface area contributed by atoms with E-state index in [2.05, 4.69) is 0 Å². The fourth-order valence-corrected chi connectivity index (χ4v) is 3.01. The number of thioether (sulfide) groups is 1. The Morgan fingerprint density at radius 2 is 2.43 bits per heavy atom. The maximum Gasteiger partial charge on any atom is 0.226 e. The minimum Gasteiger partial charge on any atom is -0.342 e. The third-order valence-corrected chi connectivity index (χ3v) is 4.07. The van der Waals surface area contributed by atoms with Crippen molar-refractivity contribution in [2.24, 2.45) is 11.7 Å². The van der Waals surface area contributed by atoms with Crippen LogP contribution in [0.5, 0.6) is 0 Å². The predicted molar refractivity (Wildman–Crippen MR) is 61.3 cm³/mol. The van der Waals surface area contributed by atoms with Crippen molar-refractivity contribution < 1.29 is 4.79 Å². The molecule has 1 saturated heterocycles. The first-order valence-corrected chi connectivity index (χ1v) is 6.40. The molecule has 0 aromatic heterocycles. The summed E-state index contributed by atoms with van der Waals surface area (Å²) in [6, 6.07) is 0.438. The quantitative estimate of drug-likeness (QED) is 0.760. The van der Waals surface area contributed by atoms with Crippen molar-refractivity contribution in [2.75, 3.05) is 25.1 Å². The molecule has 2 unspecified atom stereocenters. The number of carbonyl (C=O) groups excluding carboxylic acids is 1. The Morgan fingerprint density at radius 3 is 2.86 bits per heavy atom. The predicted octanol–water partition coefficient (Wildman–Crippen LogP) is 0.935. The number of rotatable bonds is 4. The van der Waals surface area contributed by atoms with E-state index in [9.17, 15) is 4.79 Å². The lowest BCUT2D eigenvalue weighted by Gasteiger charge is -2.27. The number of carbonyl (C=O) groups is 1. The number of hydrogen-bond donors (Lipinski definition) is 1. The van der Waals surface area contributed by atoms with E-state index in [1.54, 1.807) is 0 Å². The molecule has 0 radical (unpaired) electrons. The van der Waals surface area contributed by atoms with Crippen LogP contribution in [-0.2, 0) is 4.79 Å². The van der Waals surface area contributed by atoms with Crippen molar-refractivity contribution in [3.05, 3.63) is 0 Å². The number of nitrogens with zero attached hydrogens (tertiary/aromatic N) is 1. The standard InChI is InChI=1S/C10H20N2OS/c1-3-8(6-11)10(13)12(2)9-4-5-14-7-9/h8-9H,3-7,11H2,1-2H3. The van der Waals surface area contributed by atoms with Gasteiger partial charge in [0.15, 0.2) is 0 Å². The van der Waals surface area contributed by atoms with E-state index in [0.29, 0.717) is 12.6 Å². The summed E-state index contributed by atoms with van der Waals surface area (Å²) in [6.45, 7) is 2.49. The van der Waals surface area contributed by atoms with E-state index < -0.39 is 0 Å². The lowest BCUT2D eigenvalue weighted by Crippen LogP contribution is -2.42. The van der Waals surface area contributed by atoms with Crippen LogP contribution in [0.3, 0.4) is 0 Å². The van der Waals surface area contributed by atoms with Gasteiger partial charge in [-0.05, 0) is 18.6 Å². The largest absolute Gasteiger partial charge is 0.342 e. The Kier molecular flexibility index (Phi) is 4.75. The normalized spacial score (nSPS) is 23.5. The first-order valence-electron chi connectivity index (χ1n) is 5.25. The highest BCUT2D eigenvalue weighted by Crippen LogP contribution is 2.22.